The molecule has 1 heteroatoms. The first-order valence-electron chi connectivity index (χ1n) is 7.92. The molecule has 0 aromatic heterocycles. The van der Waals surface area contributed by atoms with E-state index in [1.54, 1.807) is 0 Å². The van der Waals surface area contributed by atoms with E-state index in [-0.39, 0.29) is 0 Å². The van der Waals surface area contributed by atoms with Crippen molar-refractivity contribution < 1.29 is 0 Å². The van der Waals surface area contributed by atoms with Crippen LogP contribution in [-0.4, -0.2) is 4.43 Å². The minimum Gasteiger partial charge on any atom is -0.0882 e. The van der Waals surface area contributed by atoms with Crippen LogP contribution in [0.15, 0.2) is 36.5 Å². The Bertz CT molecular complexity index is 238. The molecule has 0 heterocycles. The van der Waals surface area contributed by atoms with Crippen LogP contribution in [0.25, 0.3) is 0 Å². The van der Waals surface area contributed by atoms with Crippen LogP contribution >= 0.6 is 22.6 Å². The molecule has 0 saturated heterocycles. The molecule has 0 fully saturated rings. The van der Waals surface area contributed by atoms with E-state index in [1.165, 1.54) is 55.8 Å². The van der Waals surface area contributed by atoms with Crippen LogP contribution in [0.5, 0.6) is 0 Å². The van der Waals surface area contributed by atoms with E-state index in [0.29, 0.717) is 0 Å². The Morgan fingerprint density at radius 3 is 1.68 bits per heavy atom. The highest BCUT2D eigenvalue weighted by molar-refractivity contribution is 14.1. The summed E-state index contributed by atoms with van der Waals surface area (Å²) >= 11 is 2.45. The molecule has 0 aliphatic rings. The van der Waals surface area contributed by atoms with Crippen molar-refractivity contribution in [1.82, 2.24) is 0 Å². The maximum atomic E-state index is 2.45. The summed E-state index contributed by atoms with van der Waals surface area (Å²) in [4.78, 5) is 0. The molecule has 0 rings (SSSR count). The van der Waals surface area contributed by atoms with Crippen molar-refractivity contribution in [1.29, 1.82) is 0 Å². The quantitative estimate of drug-likeness (QED) is 0.141. The summed E-state index contributed by atoms with van der Waals surface area (Å²) in [6.45, 7) is 2.25. The van der Waals surface area contributed by atoms with Gasteiger partial charge in [0.25, 0.3) is 0 Å². The minimum atomic E-state index is 1.09. The number of halogens is 1. The van der Waals surface area contributed by atoms with E-state index in [1.807, 2.05) is 0 Å². The van der Waals surface area contributed by atoms with E-state index in [2.05, 4.69) is 66.0 Å². The fourth-order valence-electron chi connectivity index (χ4n) is 1.82. The first kappa shape index (κ1) is 18.9. The summed E-state index contributed by atoms with van der Waals surface area (Å²) in [6.07, 6.45) is 26.6. The molecular weight excluding hydrogens is 343 g/mol. The molecule has 0 saturated carbocycles. The van der Waals surface area contributed by atoms with Gasteiger partial charge < -0.3 is 0 Å². The molecule has 0 atom stereocenters. The highest BCUT2D eigenvalue weighted by Gasteiger charge is 1.84. The zero-order valence-electron chi connectivity index (χ0n) is 12.6. The molecule has 0 aliphatic heterocycles. The highest BCUT2D eigenvalue weighted by Crippen LogP contribution is 2.03. The predicted molar refractivity (Wildman–Crippen MR) is 98.2 cm³/mol. The van der Waals surface area contributed by atoms with Crippen LogP contribution in [0.4, 0.5) is 0 Å². The van der Waals surface area contributed by atoms with Gasteiger partial charge in [-0.2, -0.15) is 0 Å². The molecular formula is C18H31I. The molecule has 0 aromatic rings. The lowest BCUT2D eigenvalue weighted by molar-refractivity contribution is 0.728. The molecule has 0 spiro atoms. The number of alkyl halides is 1. The zero-order chi connectivity index (χ0) is 14.0. The van der Waals surface area contributed by atoms with Crippen LogP contribution < -0.4 is 0 Å². The molecule has 0 aromatic carbocycles. The Balaban J connectivity index is 3.26. The van der Waals surface area contributed by atoms with Crippen LogP contribution in [0.2, 0.25) is 0 Å². The standard InChI is InChI=1S/C18H31I/c1-2-3-4-5-6-7-8-9-10-11-12-13-14-15-16-17-18-19/h6-7,9-10,12-13H,2-5,8,11,14-18H2,1H3/b7-6-,10-9-,13-12-. The van der Waals surface area contributed by atoms with Crippen molar-refractivity contribution in [3.63, 3.8) is 0 Å². The van der Waals surface area contributed by atoms with Gasteiger partial charge in [-0.1, -0.05) is 85.2 Å². The third kappa shape index (κ3) is 17.9. The molecule has 0 nitrogen and oxygen atoms in total. The monoisotopic (exact) mass is 374 g/mol. The summed E-state index contributed by atoms with van der Waals surface area (Å²) < 4.78 is 1.30. The average molecular weight is 374 g/mol. The van der Waals surface area contributed by atoms with Gasteiger partial charge in [-0.3, -0.25) is 0 Å². The second-order valence-electron chi connectivity index (χ2n) is 4.92. The first-order chi connectivity index (χ1) is 9.41. The van der Waals surface area contributed by atoms with Crippen molar-refractivity contribution in [2.75, 3.05) is 4.43 Å². The van der Waals surface area contributed by atoms with E-state index in [9.17, 15) is 0 Å². The predicted octanol–water partition coefficient (Wildman–Crippen LogP) is 7.01. The van der Waals surface area contributed by atoms with Crippen molar-refractivity contribution in [2.24, 2.45) is 0 Å². The smallest absolute Gasteiger partial charge is 0.000473 e. The zero-order valence-corrected chi connectivity index (χ0v) is 14.8. The van der Waals surface area contributed by atoms with E-state index in [0.717, 1.165) is 12.8 Å². The van der Waals surface area contributed by atoms with Crippen molar-refractivity contribution >= 4 is 22.6 Å². The largest absolute Gasteiger partial charge is 0.0882 e. The number of hydrogen-bond donors (Lipinski definition) is 0. The van der Waals surface area contributed by atoms with Gasteiger partial charge in [0.05, 0.1) is 0 Å². The van der Waals surface area contributed by atoms with E-state index >= 15 is 0 Å². The molecule has 110 valence electrons. The fraction of sp³-hybridized carbons (Fsp3) is 0.667. The van der Waals surface area contributed by atoms with Gasteiger partial charge in [-0.05, 0) is 49.4 Å². The van der Waals surface area contributed by atoms with Gasteiger partial charge in [-0.25, -0.2) is 0 Å². The summed E-state index contributed by atoms with van der Waals surface area (Å²) in [5.74, 6) is 0. The summed E-state index contributed by atoms with van der Waals surface area (Å²) in [7, 11) is 0. The third-order valence-corrected chi connectivity index (χ3v) is 3.79. The van der Waals surface area contributed by atoms with Crippen LogP contribution in [-0.2, 0) is 0 Å². The first-order valence-corrected chi connectivity index (χ1v) is 9.45. The van der Waals surface area contributed by atoms with Crippen LogP contribution in [0, 0.1) is 0 Å². The third-order valence-electron chi connectivity index (χ3n) is 3.02. The Morgan fingerprint density at radius 2 is 1.16 bits per heavy atom. The molecule has 0 aliphatic carbocycles. The van der Waals surface area contributed by atoms with Gasteiger partial charge in [0.15, 0.2) is 0 Å². The molecule has 19 heavy (non-hydrogen) atoms. The Morgan fingerprint density at radius 1 is 0.632 bits per heavy atom. The molecule has 0 radical (unpaired) electrons. The lowest BCUT2D eigenvalue weighted by Gasteiger charge is -1.93. The highest BCUT2D eigenvalue weighted by atomic mass is 127. The van der Waals surface area contributed by atoms with Gasteiger partial charge in [0, 0.05) is 0 Å². The number of hydrogen-bond acceptors (Lipinski definition) is 0. The number of unbranched alkanes of at least 4 members (excludes halogenated alkanes) is 6. The summed E-state index contributed by atoms with van der Waals surface area (Å²) in [6, 6.07) is 0. The maximum Gasteiger partial charge on any atom is -0.000473 e. The normalized spacial score (nSPS) is 12.3. The second-order valence-corrected chi connectivity index (χ2v) is 6.00. The van der Waals surface area contributed by atoms with E-state index < -0.39 is 0 Å². The fourth-order valence-corrected chi connectivity index (χ4v) is 2.36. The Hall–Kier alpha value is -0.0500. The number of allylic oxidation sites excluding steroid dienone is 6. The Kier molecular flexibility index (Phi) is 17.9. The lowest BCUT2D eigenvalue weighted by atomic mass is 10.2. The van der Waals surface area contributed by atoms with Crippen LogP contribution in [0.1, 0.15) is 71.1 Å². The van der Waals surface area contributed by atoms with Gasteiger partial charge in [-0.15, -0.1) is 0 Å². The van der Waals surface area contributed by atoms with Gasteiger partial charge in [0.1, 0.15) is 0 Å². The Labute approximate surface area is 134 Å². The summed E-state index contributed by atoms with van der Waals surface area (Å²) in [5, 5.41) is 0. The van der Waals surface area contributed by atoms with E-state index in [4.69, 9.17) is 0 Å². The molecule has 0 unspecified atom stereocenters. The average Bonchev–Trinajstić information content (AvgIpc) is 2.43. The topological polar surface area (TPSA) is 0 Å². The second kappa shape index (κ2) is 17.9. The lowest BCUT2D eigenvalue weighted by Crippen LogP contribution is -1.75. The maximum absolute atomic E-state index is 2.45. The van der Waals surface area contributed by atoms with Gasteiger partial charge >= 0.3 is 0 Å². The SMILES string of the molecule is CCCCC/C=C\C/C=C\C/C=C\CCCCCI. The summed E-state index contributed by atoms with van der Waals surface area (Å²) in [5.41, 5.74) is 0. The molecule has 0 bridgehead atoms. The van der Waals surface area contributed by atoms with Crippen molar-refractivity contribution in [3.8, 4) is 0 Å². The number of rotatable bonds is 13. The van der Waals surface area contributed by atoms with Crippen molar-refractivity contribution in [2.45, 2.75) is 71.1 Å². The van der Waals surface area contributed by atoms with Crippen LogP contribution in [0.3, 0.4) is 0 Å². The molecule has 0 N–H and O–H groups in total. The molecule has 0 amide bonds. The van der Waals surface area contributed by atoms with Crippen molar-refractivity contribution in [3.05, 3.63) is 36.5 Å². The minimum absolute atomic E-state index is 1.09. The van der Waals surface area contributed by atoms with Gasteiger partial charge in [0.2, 0.25) is 0 Å².